The van der Waals surface area contributed by atoms with E-state index in [9.17, 15) is 23.3 Å². The number of esters is 1. The van der Waals surface area contributed by atoms with Gasteiger partial charge in [-0.25, -0.2) is 13.1 Å². The summed E-state index contributed by atoms with van der Waals surface area (Å²) >= 11 is 0. The zero-order valence-electron chi connectivity index (χ0n) is 15.8. The highest BCUT2D eigenvalue weighted by molar-refractivity contribution is 7.89. The lowest BCUT2D eigenvalue weighted by atomic mass is 10.0. The fourth-order valence-corrected chi connectivity index (χ4v) is 4.14. The molecule has 0 saturated heterocycles. The second kappa shape index (κ2) is 8.94. The van der Waals surface area contributed by atoms with E-state index in [2.05, 4.69) is 4.72 Å². The molecule has 2 aromatic rings. The van der Waals surface area contributed by atoms with Crippen LogP contribution in [0, 0.1) is 24.0 Å². The number of nitrogens with one attached hydrogen (secondary N) is 1. The number of sulfonamides is 1. The highest BCUT2D eigenvalue weighted by atomic mass is 32.2. The van der Waals surface area contributed by atoms with E-state index in [1.54, 1.807) is 38.1 Å². The Labute approximate surface area is 163 Å². The topological polar surface area (TPSA) is 116 Å². The molecule has 28 heavy (non-hydrogen) atoms. The predicted octanol–water partition coefficient (Wildman–Crippen LogP) is 3.18. The number of hydrogen-bond donors (Lipinski definition) is 1. The van der Waals surface area contributed by atoms with E-state index >= 15 is 0 Å². The average molecular weight is 406 g/mol. The van der Waals surface area contributed by atoms with Gasteiger partial charge in [-0.15, -0.1) is 0 Å². The Bertz CT molecular complexity index is 970. The van der Waals surface area contributed by atoms with Crippen molar-refractivity contribution in [3.63, 3.8) is 0 Å². The first-order valence-corrected chi connectivity index (χ1v) is 10.1. The molecule has 0 saturated carbocycles. The number of nitro benzene ring substituents is 1. The molecule has 0 radical (unpaired) electrons. The Hall–Kier alpha value is -2.78. The third-order valence-electron chi connectivity index (χ3n) is 4.13. The number of rotatable bonds is 8. The van der Waals surface area contributed by atoms with Gasteiger partial charge in [0.2, 0.25) is 10.0 Å². The number of ether oxygens (including phenoxy) is 1. The van der Waals surface area contributed by atoms with Gasteiger partial charge in [0.25, 0.3) is 5.69 Å². The molecule has 0 aliphatic heterocycles. The minimum absolute atomic E-state index is 0.177. The molecule has 0 unspecified atom stereocenters. The third-order valence-corrected chi connectivity index (χ3v) is 5.74. The summed E-state index contributed by atoms with van der Waals surface area (Å²) in [6.07, 6.45) is -0.204. The van der Waals surface area contributed by atoms with Gasteiger partial charge in [-0.3, -0.25) is 14.9 Å². The van der Waals surface area contributed by atoms with Crippen LogP contribution < -0.4 is 4.72 Å². The van der Waals surface area contributed by atoms with Crippen LogP contribution in [-0.4, -0.2) is 25.9 Å². The van der Waals surface area contributed by atoms with Crippen molar-refractivity contribution in [3.05, 3.63) is 69.3 Å². The first-order chi connectivity index (χ1) is 13.1. The first kappa shape index (κ1) is 21.5. The Kier molecular flexibility index (Phi) is 6.87. The van der Waals surface area contributed by atoms with Crippen molar-refractivity contribution in [1.82, 2.24) is 4.72 Å². The molecule has 2 aromatic carbocycles. The lowest BCUT2D eigenvalue weighted by Gasteiger charge is -2.19. The van der Waals surface area contributed by atoms with Crippen molar-refractivity contribution in [2.75, 3.05) is 6.61 Å². The molecule has 1 N–H and O–H groups in total. The molecule has 8 nitrogen and oxygen atoms in total. The van der Waals surface area contributed by atoms with Gasteiger partial charge in [0.15, 0.2) is 0 Å². The maximum atomic E-state index is 12.9. The lowest BCUT2D eigenvalue weighted by molar-refractivity contribution is -0.385. The zero-order chi connectivity index (χ0) is 20.9. The normalized spacial score (nSPS) is 12.4. The van der Waals surface area contributed by atoms with Crippen LogP contribution in [0.25, 0.3) is 0 Å². The van der Waals surface area contributed by atoms with E-state index in [-0.39, 0.29) is 23.6 Å². The number of aryl methyl sites for hydroxylation is 2. The van der Waals surface area contributed by atoms with Gasteiger partial charge in [-0.2, -0.15) is 0 Å². The van der Waals surface area contributed by atoms with Crippen molar-refractivity contribution < 1.29 is 22.9 Å². The maximum Gasteiger partial charge on any atom is 0.307 e. The number of nitro groups is 1. The molecule has 0 heterocycles. The number of nitrogens with zero attached hydrogens (tertiary/aromatic N) is 1. The number of benzene rings is 2. The second-order valence-corrected chi connectivity index (χ2v) is 7.98. The predicted molar refractivity (Wildman–Crippen MR) is 103 cm³/mol. The van der Waals surface area contributed by atoms with Crippen LogP contribution >= 0.6 is 0 Å². The van der Waals surface area contributed by atoms with Crippen LogP contribution in [-0.2, 0) is 19.6 Å². The van der Waals surface area contributed by atoms with Crippen molar-refractivity contribution in [2.45, 2.75) is 38.1 Å². The maximum absolute atomic E-state index is 12.9. The largest absolute Gasteiger partial charge is 0.466 e. The van der Waals surface area contributed by atoms with Gasteiger partial charge in [-0.1, -0.05) is 35.9 Å². The van der Waals surface area contributed by atoms with Gasteiger partial charge in [0, 0.05) is 12.1 Å². The summed E-state index contributed by atoms with van der Waals surface area (Å²) in [5, 5.41) is 11.0. The van der Waals surface area contributed by atoms with Crippen LogP contribution in [0.2, 0.25) is 0 Å². The number of carbonyl (C=O) groups excluding carboxylic acids is 1. The van der Waals surface area contributed by atoms with Crippen molar-refractivity contribution in [3.8, 4) is 0 Å². The van der Waals surface area contributed by atoms with Crippen LogP contribution in [0.1, 0.15) is 36.1 Å². The van der Waals surface area contributed by atoms with Crippen molar-refractivity contribution in [1.29, 1.82) is 0 Å². The summed E-state index contributed by atoms with van der Waals surface area (Å²) in [6.45, 7) is 5.27. The highest BCUT2D eigenvalue weighted by Crippen LogP contribution is 2.25. The van der Waals surface area contributed by atoms with E-state index in [1.807, 2.05) is 6.92 Å². The first-order valence-electron chi connectivity index (χ1n) is 8.63. The van der Waals surface area contributed by atoms with Crippen LogP contribution in [0.4, 0.5) is 5.69 Å². The van der Waals surface area contributed by atoms with Crippen molar-refractivity contribution >= 4 is 21.7 Å². The van der Waals surface area contributed by atoms with Crippen LogP contribution in [0.5, 0.6) is 0 Å². The van der Waals surface area contributed by atoms with Crippen LogP contribution in [0.3, 0.4) is 0 Å². The number of carbonyl (C=O) groups is 1. The Morgan fingerprint density at radius 2 is 1.82 bits per heavy atom. The Morgan fingerprint density at radius 3 is 2.39 bits per heavy atom. The molecule has 0 spiro atoms. The average Bonchev–Trinajstić information content (AvgIpc) is 2.61. The fourth-order valence-electron chi connectivity index (χ4n) is 2.66. The van der Waals surface area contributed by atoms with Gasteiger partial charge in [-0.05, 0) is 31.9 Å². The van der Waals surface area contributed by atoms with E-state index in [0.29, 0.717) is 11.1 Å². The SMILES string of the molecule is CCOC(=O)C[C@H](NS(=O)(=O)c1cc([N+](=O)[O-])ccc1C)c1ccc(C)cc1. The van der Waals surface area contributed by atoms with Crippen LogP contribution in [0.15, 0.2) is 47.4 Å². The molecule has 0 amide bonds. The van der Waals surface area contributed by atoms with Gasteiger partial charge < -0.3 is 4.74 Å². The number of hydrogen-bond acceptors (Lipinski definition) is 6. The molecule has 0 aliphatic rings. The molecular formula is C19H22N2O6S. The Morgan fingerprint density at radius 1 is 1.18 bits per heavy atom. The number of non-ortho nitro benzene ring substituents is 1. The minimum atomic E-state index is -4.13. The summed E-state index contributed by atoms with van der Waals surface area (Å²) in [5.41, 5.74) is 1.60. The smallest absolute Gasteiger partial charge is 0.307 e. The second-order valence-electron chi connectivity index (χ2n) is 6.30. The molecule has 150 valence electrons. The van der Waals surface area contributed by atoms with Gasteiger partial charge in [0.1, 0.15) is 0 Å². The molecular weight excluding hydrogens is 384 g/mol. The molecule has 0 aliphatic carbocycles. The summed E-state index contributed by atoms with van der Waals surface area (Å²) in [4.78, 5) is 22.1. The van der Waals surface area contributed by atoms with Gasteiger partial charge in [0.05, 0.1) is 28.9 Å². The quantitative estimate of drug-likeness (QED) is 0.409. The monoisotopic (exact) mass is 406 g/mol. The minimum Gasteiger partial charge on any atom is -0.466 e. The molecule has 1 atom stereocenters. The standard InChI is InChI=1S/C19H22N2O6S/c1-4-27-19(22)12-17(15-8-5-13(2)6-9-15)20-28(25,26)18-11-16(21(23)24)10-7-14(18)3/h5-11,17,20H,4,12H2,1-3H3/t17-/m0/s1. The van der Waals surface area contributed by atoms with E-state index in [4.69, 9.17) is 4.74 Å². The van der Waals surface area contributed by atoms with E-state index < -0.39 is 27.0 Å². The lowest BCUT2D eigenvalue weighted by Crippen LogP contribution is -2.31. The third kappa shape index (κ3) is 5.37. The summed E-state index contributed by atoms with van der Waals surface area (Å²) in [7, 11) is -4.13. The summed E-state index contributed by atoms with van der Waals surface area (Å²) < 4.78 is 33.3. The summed E-state index contributed by atoms with van der Waals surface area (Å²) in [6, 6.07) is 9.81. The molecule has 0 aromatic heterocycles. The molecule has 0 bridgehead atoms. The molecule has 0 fully saturated rings. The van der Waals surface area contributed by atoms with Crippen molar-refractivity contribution in [2.24, 2.45) is 0 Å². The van der Waals surface area contributed by atoms with E-state index in [0.717, 1.165) is 11.6 Å². The van der Waals surface area contributed by atoms with E-state index in [1.165, 1.54) is 12.1 Å². The molecule has 2 rings (SSSR count). The summed E-state index contributed by atoms with van der Waals surface area (Å²) in [5.74, 6) is -0.550. The Balaban J connectivity index is 2.41. The zero-order valence-corrected chi connectivity index (χ0v) is 16.7. The molecule has 9 heteroatoms. The van der Waals surface area contributed by atoms with Gasteiger partial charge >= 0.3 is 5.97 Å². The highest BCUT2D eigenvalue weighted by Gasteiger charge is 2.27. The fraction of sp³-hybridized carbons (Fsp3) is 0.316.